The summed E-state index contributed by atoms with van der Waals surface area (Å²) < 4.78 is 0. The number of nitrogens with two attached hydrogens (primary N) is 1. The zero-order chi connectivity index (χ0) is 12.3. The summed E-state index contributed by atoms with van der Waals surface area (Å²) in [5, 5.41) is 14.2. The van der Waals surface area contributed by atoms with E-state index >= 15 is 0 Å². The number of nitrogens with one attached hydrogen (secondary N) is 1. The molecule has 0 saturated heterocycles. The molecule has 2 rings (SSSR count). The van der Waals surface area contributed by atoms with Gasteiger partial charge in [-0.2, -0.15) is 0 Å². The molecule has 1 saturated carbocycles. The fourth-order valence-electron chi connectivity index (χ4n) is 2.12. The van der Waals surface area contributed by atoms with Crippen molar-refractivity contribution >= 4 is 21.5 Å². The van der Waals surface area contributed by atoms with Crippen LogP contribution >= 0.6 is 11.3 Å². The Labute approximate surface area is 103 Å². The summed E-state index contributed by atoms with van der Waals surface area (Å²) in [6.45, 7) is 0.637. The van der Waals surface area contributed by atoms with Crippen molar-refractivity contribution in [1.82, 2.24) is 4.98 Å². The van der Waals surface area contributed by atoms with Gasteiger partial charge < -0.3 is 11.1 Å². The van der Waals surface area contributed by atoms with Crippen LogP contribution < -0.4 is 11.1 Å². The second-order valence-corrected chi connectivity index (χ2v) is 5.55. The van der Waals surface area contributed by atoms with E-state index < -0.39 is 4.92 Å². The van der Waals surface area contributed by atoms with E-state index in [1.807, 2.05) is 0 Å². The molecular formula is C10H16N4O2S. The van der Waals surface area contributed by atoms with Crippen molar-refractivity contribution < 1.29 is 4.92 Å². The predicted octanol–water partition coefficient (Wildman–Crippen LogP) is 2.12. The van der Waals surface area contributed by atoms with Gasteiger partial charge in [-0.25, -0.2) is 4.98 Å². The van der Waals surface area contributed by atoms with Crippen molar-refractivity contribution in [2.45, 2.75) is 37.6 Å². The highest BCUT2D eigenvalue weighted by molar-refractivity contribution is 7.18. The van der Waals surface area contributed by atoms with E-state index in [2.05, 4.69) is 10.3 Å². The molecule has 6 nitrogen and oxygen atoms in total. The molecule has 94 valence electrons. The number of nitro groups is 1. The van der Waals surface area contributed by atoms with Gasteiger partial charge in [-0.1, -0.05) is 19.3 Å². The van der Waals surface area contributed by atoms with E-state index in [0.29, 0.717) is 11.7 Å². The van der Waals surface area contributed by atoms with Gasteiger partial charge in [0.2, 0.25) is 0 Å². The zero-order valence-corrected chi connectivity index (χ0v) is 10.3. The van der Waals surface area contributed by atoms with Gasteiger partial charge in [0.25, 0.3) is 0 Å². The molecule has 7 heteroatoms. The molecule has 0 bridgehead atoms. The highest BCUT2D eigenvalue weighted by atomic mass is 32.1. The minimum atomic E-state index is -0.429. The van der Waals surface area contributed by atoms with E-state index in [1.54, 1.807) is 0 Å². The van der Waals surface area contributed by atoms with Crippen LogP contribution in [0.25, 0.3) is 0 Å². The topological polar surface area (TPSA) is 94.1 Å². The first-order valence-corrected chi connectivity index (χ1v) is 6.54. The van der Waals surface area contributed by atoms with Crippen LogP contribution in [0.2, 0.25) is 0 Å². The number of anilines is 1. The average molecular weight is 256 g/mol. The zero-order valence-electron chi connectivity index (χ0n) is 9.52. The highest BCUT2D eigenvalue weighted by Crippen LogP contribution is 2.28. The van der Waals surface area contributed by atoms with Crippen LogP contribution in [0.15, 0.2) is 6.20 Å². The molecule has 0 atom stereocenters. The van der Waals surface area contributed by atoms with Crippen LogP contribution in [0.3, 0.4) is 0 Å². The van der Waals surface area contributed by atoms with Crippen molar-refractivity contribution in [2.24, 2.45) is 5.73 Å². The molecule has 1 heterocycles. The average Bonchev–Trinajstić information content (AvgIpc) is 2.76. The summed E-state index contributed by atoms with van der Waals surface area (Å²) >= 11 is 1.05. The third-order valence-corrected chi connectivity index (χ3v) is 4.02. The van der Waals surface area contributed by atoms with Gasteiger partial charge in [0.1, 0.15) is 6.20 Å². The Bertz CT molecular complexity index is 401. The minimum absolute atomic E-state index is 0.0576. The van der Waals surface area contributed by atoms with Crippen LogP contribution in [0.4, 0.5) is 10.1 Å². The van der Waals surface area contributed by atoms with Crippen molar-refractivity contribution in [3.8, 4) is 0 Å². The Morgan fingerprint density at radius 2 is 2.24 bits per heavy atom. The van der Waals surface area contributed by atoms with Gasteiger partial charge in [0.05, 0.1) is 4.92 Å². The summed E-state index contributed by atoms with van der Waals surface area (Å²) in [7, 11) is 0. The SMILES string of the molecule is NC1(CNc2ncc([N+](=O)[O-])s2)CCCCC1. The van der Waals surface area contributed by atoms with Crippen molar-refractivity contribution in [3.63, 3.8) is 0 Å². The number of hydrogen-bond donors (Lipinski definition) is 2. The molecule has 1 aromatic rings. The smallest absolute Gasteiger partial charge is 0.345 e. The molecule has 1 aliphatic rings. The largest absolute Gasteiger partial charge is 0.359 e. The first-order valence-electron chi connectivity index (χ1n) is 5.72. The van der Waals surface area contributed by atoms with E-state index in [9.17, 15) is 10.1 Å². The Morgan fingerprint density at radius 3 is 2.82 bits per heavy atom. The molecule has 0 amide bonds. The molecule has 1 fully saturated rings. The lowest BCUT2D eigenvalue weighted by atomic mass is 9.82. The standard InChI is InChI=1S/C10H16N4O2S/c11-10(4-2-1-3-5-10)7-13-9-12-6-8(17-9)14(15)16/h6H,1-5,7,11H2,(H,12,13). The molecule has 0 radical (unpaired) electrons. The summed E-state index contributed by atoms with van der Waals surface area (Å²) in [6, 6.07) is 0. The van der Waals surface area contributed by atoms with E-state index in [0.717, 1.165) is 37.0 Å². The third-order valence-electron chi connectivity index (χ3n) is 3.11. The lowest BCUT2D eigenvalue weighted by Crippen LogP contribution is -2.47. The number of hydrogen-bond acceptors (Lipinski definition) is 6. The number of aromatic nitrogens is 1. The maximum Gasteiger partial charge on any atom is 0.345 e. The van der Waals surface area contributed by atoms with Gasteiger partial charge in [-0.05, 0) is 24.2 Å². The summed E-state index contributed by atoms with van der Waals surface area (Å²) in [4.78, 5) is 14.0. The fraction of sp³-hybridized carbons (Fsp3) is 0.700. The van der Waals surface area contributed by atoms with Crippen molar-refractivity contribution in [1.29, 1.82) is 0 Å². The normalized spacial score (nSPS) is 18.9. The highest BCUT2D eigenvalue weighted by Gasteiger charge is 2.27. The summed E-state index contributed by atoms with van der Waals surface area (Å²) in [6.07, 6.45) is 6.87. The molecule has 17 heavy (non-hydrogen) atoms. The predicted molar refractivity (Wildman–Crippen MR) is 67.3 cm³/mol. The Morgan fingerprint density at radius 1 is 1.53 bits per heavy atom. The van der Waals surface area contributed by atoms with Crippen LogP contribution in [0.1, 0.15) is 32.1 Å². The van der Waals surface area contributed by atoms with Crippen LogP contribution in [-0.4, -0.2) is 22.0 Å². The minimum Gasteiger partial charge on any atom is -0.359 e. The molecule has 0 spiro atoms. The summed E-state index contributed by atoms with van der Waals surface area (Å²) in [5.41, 5.74) is 6.07. The Kier molecular flexibility index (Phi) is 3.58. The van der Waals surface area contributed by atoms with Crippen molar-refractivity contribution in [3.05, 3.63) is 16.3 Å². The summed E-state index contributed by atoms with van der Waals surface area (Å²) in [5.74, 6) is 0. The maximum atomic E-state index is 10.5. The first-order chi connectivity index (χ1) is 8.09. The number of nitrogens with zero attached hydrogens (tertiary/aromatic N) is 2. The number of rotatable bonds is 4. The van der Waals surface area contributed by atoms with Crippen LogP contribution in [0, 0.1) is 10.1 Å². The Hall–Kier alpha value is -1.21. The van der Waals surface area contributed by atoms with Gasteiger partial charge >= 0.3 is 5.00 Å². The molecule has 0 unspecified atom stereocenters. The van der Waals surface area contributed by atoms with E-state index in [1.165, 1.54) is 12.6 Å². The maximum absolute atomic E-state index is 10.5. The lowest BCUT2D eigenvalue weighted by Gasteiger charge is -2.33. The second-order valence-electron chi connectivity index (χ2n) is 4.54. The van der Waals surface area contributed by atoms with Gasteiger partial charge in [0, 0.05) is 12.1 Å². The van der Waals surface area contributed by atoms with Gasteiger partial charge in [-0.3, -0.25) is 10.1 Å². The number of thiazole rings is 1. The fourth-order valence-corrected chi connectivity index (χ4v) is 2.74. The lowest BCUT2D eigenvalue weighted by molar-refractivity contribution is -0.380. The second kappa shape index (κ2) is 4.97. The van der Waals surface area contributed by atoms with Crippen LogP contribution in [-0.2, 0) is 0 Å². The molecular weight excluding hydrogens is 240 g/mol. The first kappa shape index (κ1) is 12.3. The van der Waals surface area contributed by atoms with Gasteiger partial charge in [-0.15, -0.1) is 0 Å². The molecule has 1 aliphatic carbocycles. The van der Waals surface area contributed by atoms with Gasteiger partial charge in [0.15, 0.2) is 5.13 Å². The molecule has 0 aliphatic heterocycles. The van der Waals surface area contributed by atoms with Crippen LogP contribution in [0.5, 0.6) is 0 Å². The van der Waals surface area contributed by atoms with E-state index in [-0.39, 0.29) is 10.5 Å². The quantitative estimate of drug-likeness (QED) is 0.635. The molecule has 0 aromatic carbocycles. The van der Waals surface area contributed by atoms with E-state index in [4.69, 9.17) is 5.73 Å². The monoisotopic (exact) mass is 256 g/mol. The Balaban J connectivity index is 1.90. The van der Waals surface area contributed by atoms with Crippen molar-refractivity contribution in [2.75, 3.05) is 11.9 Å². The molecule has 3 N–H and O–H groups in total. The third kappa shape index (κ3) is 3.13. The molecule has 1 aromatic heterocycles.